The zero-order valence-corrected chi connectivity index (χ0v) is 12.8. The molecule has 110 valence electrons. The number of carbonyl (C=O) groups is 1. The maximum absolute atomic E-state index is 11.9. The smallest absolute Gasteiger partial charge is 0.220 e. The fourth-order valence-corrected chi connectivity index (χ4v) is 3.03. The van der Waals surface area contributed by atoms with E-state index in [-0.39, 0.29) is 11.9 Å². The largest absolute Gasteiger partial charge is 0.391 e. The number of rotatable bonds is 4. The average Bonchev–Trinajstić information content (AvgIpc) is 2.40. The second-order valence-electron chi connectivity index (χ2n) is 5.26. The standard InChI is InChI=1S/C15H19Cl2NO2/c16-11-7-5-10(12(17)9-11)6-8-15(20)18-13-3-1-2-4-14(13)19/h5,7,9,13-14,19H,1-4,6,8H2,(H,18,20)/t13-,14-/m1/s1. The molecule has 1 saturated carbocycles. The number of hydrogen-bond donors (Lipinski definition) is 2. The number of aliphatic hydroxyl groups is 1. The summed E-state index contributed by atoms with van der Waals surface area (Å²) in [5, 5.41) is 13.9. The fourth-order valence-electron chi connectivity index (χ4n) is 2.53. The van der Waals surface area contributed by atoms with E-state index in [2.05, 4.69) is 5.32 Å². The fraction of sp³-hybridized carbons (Fsp3) is 0.533. The van der Waals surface area contributed by atoms with Crippen LogP contribution >= 0.6 is 23.2 Å². The predicted molar refractivity (Wildman–Crippen MR) is 81.2 cm³/mol. The molecule has 0 heterocycles. The summed E-state index contributed by atoms with van der Waals surface area (Å²) in [6, 6.07) is 5.19. The van der Waals surface area contributed by atoms with Crippen LogP contribution in [0.15, 0.2) is 18.2 Å². The molecule has 1 aliphatic rings. The first-order chi connectivity index (χ1) is 9.56. The number of nitrogens with one attached hydrogen (secondary N) is 1. The van der Waals surface area contributed by atoms with Crippen LogP contribution in [-0.4, -0.2) is 23.2 Å². The maximum Gasteiger partial charge on any atom is 0.220 e. The molecule has 1 amide bonds. The van der Waals surface area contributed by atoms with Crippen LogP contribution in [0.25, 0.3) is 0 Å². The molecule has 1 aliphatic carbocycles. The first-order valence-corrected chi connectivity index (χ1v) is 7.73. The van der Waals surface area contributed by atoms with Crippen molar-refractivity contribution in [1.29, 1.82) is 0 Å². The Morgan fingerprint density at radius 1 is 1.30 bits per heavy atom. The molecular formula is C15H19Cl2NO2. The quantitative estimate of drug-likeness (QED) is 0.895. The van der Waals surface area contributed by atoms with Crippen molar-refractivity contribution in [3.8, 4) is 0 Å². The van der Waals surface area contributed by atoms with Gasteiger partial charge in [0, 0.05) is 16.5 Å². The summed E-state index contributed by atoms with van der Waals surface area (Å²) in [4.78, 5) is 11.9. The van der Waals surface area contributed by atoms with Gasteiger partial charge in [0.25, 0.3) is 0 Å². The molecule has 0 aromatic heterocycles. The van der Waals surface area contributed by atoms with E-state index in [0.29, 0.717) is 22.9 Å². The molecule has 0 aliphatic heterocycles. The van der Waals surface area contributed by atoms with Gasteiger partial charge in [0.1, 0.15) is 0 Å². The van der Waals surface area contributed by atoms with Crippen molar-refractivity contribution in [3.63, 3.8) is 0 Å². The van der Waals surface area contributed by atoms with Crippen molar-refractivity contribution >= 4 is 29.1 Å². The third kappa shape index (κ3) is 4.37. The summed E-state index contributed by atoms with van der Waals surface area (Å²) in [5.74, 6) is -0.0398. The highest BCUT2D eigenvalue weighted by Gasteiger charge is 2.24. The van der Waals surface area contributed by atoms with E-state index in [1.54, 1.807) is 12.1 Å². The van der Waals surface area contributed by atoms with Crippen molar-refractivity contribution in [1.82, 2.24) is 5.32 Å². The molecule has 0 unspecified atom stereocenters. The summed E-state index contributed by atoms with van der Waals surface area (Å²) < 4.78 is 0. The minimum atomic E-state index is -0.410. The van der Waals surface area contributed by atoms with Gasteiger partial charge < -0.3 is 10.4 Å². The molecule has 3 nitrogen and oxygen atoms in total. The molecule has 2 atom stereocenters. The number of aliphatic hydroxyl groups excluding tert-OH is 1. The van der Waals surface area contributed by atoms with E-state index in [4.69, 9.17) is 23.2 Å². The lowest BCUT2D eigenvalue weighted by atomic mass is 9.92. The first-order valence-electron chi connectivity index (χ1n) is 6.97. The monoisotopic (exact) mass is 315 g/mol. The van der Waals surface area contributed by atoms with Crippen molar-refractivity contribution < 1.29 is 9.90 Å². The van der Waals surface area contributed by atoms with Crippen molar-refractivity contribution in [2.45, 2.75) is 50.7 Å². The number of hydrogen-bond acceptors (Lipinski definition) is 2. The van der Waals surface area contributed by atoms with Gasteiger partial charge in [-0.1, -0.05) is 42.1 Å². The Bertz CT molecular complexity index is 479. The Morgan fingerprint density at radius 3 is 2.75 bits per heavy atom. The zero-order valence-electron chi connectivity index (χ0n) is 11.2. The van der Waals surface area contributed by atoms with Crippen molar-refractivity contribution in [2.75, 3.05) is 0 Å². The summed E-state index contributed by atoms with van der Waals surface area (Å²) in [6.45, 7) is 0. The van der Waals surface area contributed by atoms with Gasteiger partial charge in [-0.2, -0.15) is 0 Å². The van der Waals surface area contributed by atoms with Crippen LogP contribution in [-0.2, 0) is 11.2 Å². The molecule has 1 aromatic carbocycles. The normalized spacial score (nSPS) is 22.6. The SMILES string of the molecule is O=C(CCc1ccc(Cl)cc1Cl)N[C@@H]1CCCC[C@H]1O. The molecule has 0 bridgehead atoms. The molecule has 2 N–H and O–H groups in total. The van der Waals surface area contributed by atoms with Crippen LogP contribution < -0.4 is 5.32 Å². The third-order valence-electron chi connectivity index (χ3n) is 3.71. The molecular weight excluding hydrogens is 297 g/mol. The highest BCUT2D eigenvalue weighted by molar-refractivity contribution is 6.35. The van der Waals surface area contributed by atoms with Crippen molar-refractivity contribution in [2.24, 2.45) is 0 Å². The Morgan fingerprint density at radius 2 is 2.05 bits per heavy atom. The molecule has 20 heavy (non-hydrogen) atoms. The lowest BCUT2D eigenvalue weighted by Crippen LogP contribution is -2.45. The lowest BCUT2D eigenvalue weighted by Gasteiger charge is -2.28. The predicted octanol–water partition coefficient (Wildman–Crippen LogP) is 3.35. The van der Waals surface area contributed by atoms with Gasteiger partial charge in [-0.15, -0.1) is 0 Å². The van der Waals surface area contributed by atoms with Crippen LogP contribution in [0.4, 0.5) is 0 Å². The van der Waals surface area contributed by atoms with Gasteiger partial charge in [-0.25, -0.2) is 0 Å². The van der Waals surface area contributed by atoms with Crippen LogP contribution in [0.5, 0.6) is 0 Å². The Balaban J connectivity index is 1.82. The van der Waals surface area contributed by atoms with E-state index < -0.39 is 6.10 Å². The average molecular weight is 316 g/mol. The third-order valence-corrected chi connectivity index (χ3v) is 4.30. The van der Waals surface area contributed by atoms with Crippen LogP contribution in [0, 0.1) is 0 Å². The lowest BCUT2D eigenvalue weighted by molar-refractivity contribution is -0.123. The maximum atomic E-state index is 11.9. The van der Waals surface area contributed by atoms with Crippen molar-refractivity contribution in [3.05, 3.63) is 33.8 Å². The topological polar surface area (TPSA) is 49.3 Å². The Kier molecular flexibility index (Phi) is 5.70. The van der Waals surface area contributed by atoms with E-state index >= 15 is 0 Å². The number of carbonyl (C=O) groups excluding carboxylic acids is 1. The second-order valence-corrected chi connectivity index (χ2v) is 6.11. The van der Waals surface area contributed by atoms with Crippen LogP contribution in [0.2, 0.25) is 10.0 Å². The van der Waals surface area contributed by atoms with Crippen LogP contribution in [0.3, 0.4) is 0 Å². The molecule has 0 spiro atoms. The van der Waals surface area contributed by atoms with Gasteiger partial charge >= 0.3 is 0 Å². The molecule has 1 fully saturated rings. The van der Waals surface area contributed by atoms with Crippen LogP contribution in [0.1, 0.15) is 37.7 Å². The molecule has 1 aromatic rings. The second kappa shape index (κ2) is 7.30. The highest BCUT2D eigenvalue weighted by atomic mass is 35.5. The van der Waals surface area contributed by atoms with E-state index in [0.717, 1.165) is 31.2 Å². The molecule has 0 radical (unpaired) electrons. The number of halogens is 2. The summed E-state index contributed by atoms with van der Waals surface area (Å²) >= 11 is 11.9. The summed E-state index contributed by atoms with van der Waals surface area (Å²) in [6.07, 6.45) is 4.25. The Labute approximate surface area is 129 Å². The van der Waals surface area contributed by atoms with Gasteiger partial charge in [0.05, 0.1) is 12.1 Å². The molecule has 5 heteroatoms. The zero-order chi connectivity index (χ0) is 14.5. The number of amides is 1. The van der Waals surface area contributed by atoms with Gasteiger partial charge in [0.15, 0.2) is 0 Å². The Hall–Kier alpha value is -0.770. The van der Waals surface area contributed by atoms with Gasteiger partial charge in [0.2, 0.25) is 5.91 Å². The van der Waals surface area contributed by atoms with E-state index in [1.165, 1.54) is 0 Å². The summed E-state index contributed by atoms with van der Waals surface area (Å²) in [5.41, 5.74) is 0.912. The van der Waals surface area contributed by atoms with Gasteiger partial charge in [-0.05, 0) is 37.0 Å². The first kappa shape index (κ1) is 15.6. The minimum absolute atomic E-state index is 0.0398. The molecule has 2 rings (SSSR count). The number of aryl methyl sites for hydroxylation is 1. The summed E-state index contributed by atoms with van der Waals surface area (Å²) in [7, 11) is 0. The van der Waals surface area contributed by atoms with E-state index in [9.17, 15) is 9.90 Å². The molecule has 0 saturated heterocycles. The minimum Gasteiger partial charge on any atom is -0.391 e. The number of benzene rings is 1. The van der Waals surface area contributed by atoms with E-state index in [1.807, 2.05) is 6.07 Å². The highest BCUT2D eigenvalue weighted by Crippen LogP contribution is 2.22. The van der Waals surface area contributed by atoms with Gasteiger partial charge in [-0.3, -0.25) is 4.79 Å².